The van der Waals surface area contributed by atoms with Gasteiger partial charge < -0.3 is 20.5 Å². The van der Waals surface area contributed by atoms with Crippen LogP contribution in [0.2, 0.25) is 0 Å². The summed E-state index contributed by atoms with van der Waals surface area (Å²) in [6.45, 7) is 3.79. The molecule has 4 N–H and O–H groups in total. The predicted molar refractivity (Wildman–Crippen MR) is 157 cm³/mol. The van der Waals surface area contributed by atoms with Gasteiger partial charge >= 0.3 is 0 Å². The van der Waals surface area contributed by atoms with Crippen LogP contribution in [-0.2, 0) is 4.79 Å². The third-order valence-corrected chi connectivity index (χ3v) is 6.23. The first-order valence-corrected chi connectivity index (χ1v) is 13.4. The summed E-state index contributed by atoms with van der Waals surface area (Å²) in [5.74, 6) is -0.231. The standard InChI is InChI=1S/C32H33N3O6/c1-3-20-33-32(38)25-16-19-30(41-35(39,26-10-6-4-7-11-26)27-12-8-5-9-13-27)29(21-25)34-31(37)22-40-28-17-14-24(15-18-28)23(2)36/h4-19,21,23,36,39H,3,20,22H2,1-2H3,(H-,33,34,37,38)/p+1. The number of nitrogens with one attached hydrogen (secondary N) is 2. The number of rotatable bonds is 12. The van der Waals surface area contributed by atoms with E-state index in [1.165, 1.54) is 12.1 Å². The molecule has 0 spiro atoms. The van der Waals surface area contributed by atoms with Crippen molar-refractivity contribution in [3.63, 3.8) is 0 Å². The molecule has 2 amide bonds. The Morgan fingerprint density at radius 1 is 0.878 bits per heavy atom. The number of nitrogens with zero attached hydrogens (tertiary/aromatic N) is 1. The van der Waals surface area contributed by atoms with E-state index in [1.54, 1.807) is 85.8 Å². The van der Waals surface area contributed by atoms with Crippen LogP contribution < -0.4 is 25.0 Å². The molecular formula is C32H34N3O6+. The average molecular weight is 557 g/mol. The smallest absolute Gasteiger partial charge is 0.262 e. The third kappa shape index (κ3) is 7.49. The maximum Gasteiger partial charge on any atom is 0.262 e. The molecule has 0 radical (unpaired) electrons. The van der Waals surface area contributed by atoms with Gasteiger partial charge in [0.2, 0.25) is 17.1 Å². The van der Waals surface area contributed by atoms with E-state index in [0.717, 1.165) is 12.0 Å². The lowest BCUT2D eigenvalue weighted by atomic mass is 10.1. The highest BCUT2D eigenvalue weighted by Crippen LogP contribution is 2.37. The van der Waals surface area contributed by atoms with Crippen molar-refractivity contribution in [1.82, 2.24) is 10.1 Å². The molecule has 0 fully saturated rings. The van der Waals surface area contributed by atoms with Crippen LogP contribution in [-0.4, -0.2) is 35.3 Å². The first-order chi connectivity index (χ1) is 19.8. The van der Waals surface area contributed by atoms with Crippen molar-refractivity contribution in [3.8, 4) is 11.5 Å². The van der Waals surface area contributed by atoms with Crippen molar-refractivity contribution >= 4 is 28.9 Å². The number of hydrogen-bond donors (Lipinski definition) is 4. The Labute approximate surface area is 239 Å². The maximum absolute atomic E-state index is 13.0. The van der Waals surface area contributed by atoms with E-state index in [-0.39, 0.29) is 24.0 Å². The third-order valence-electron chi connectivity index (χ3n) is 6.23. The summed E-state index contributed by atoms with van der Waals surface area (Å²) in [5, 5.41) is 27.1. The Balaban J connectivity index is 1.63. The van der Waals surface area contributed by atoms with Crippen LogP contribution >= 0.6 is 0 Å². The topological polar surface area (TPSA) is 117 Å². The van der Waals surface area contributed by atoms with Gasteiger partial charge in [0.05, 0.1) is 16.6 Å². The highest BCUT2D eigenvalue weighted by atomic mass is 16.9. The van der Waals surface area contributed by atoms with Crippen LogP contribution in [0.5, 0.6) is 11.5 Å². The molecule has 0 aliphatic heterocycles. The summed E-state index contributed by atoms with van der Waals surface area (Å²) in [6, 6.07) is 29.0. The number of benzene rings is 4. The van der Waals surface area contributed by atoms with Crippen molar-refractivity contribution < 1.29 is 29.5 Å². The van der Waals surface area contributed by atoms with Crippen LogP contribution in [0.25, 0.3) is 0 Å². The molecular weight excluding hydrogens is 522 g/mol. The van der Waals surface area contributed by atoms with Crippen molar-refractivity contribution in [1.29, 1.82) is 0 Å². The summed E-state index contributed by atoms with van der Waals surface area (Å²) in [6.07, 6.45) is 0.154. The minimum absolute atomic E-state index is 0.127. The molecule has 9 heteroatoms. The number of carbonyl (C=O) groups is 2. The zero-order valence-corrected chi connectivity index (χ0v) is 23.0. The van der Waals surface area contributed by atoms with Crippen LogP contribution in [0.15, 0.2) is 103 Å². The lowest BCUT2D eigenvalue weighted by molar-refractivity contribution is -0.220. The second-order valence-corrected chi connectivity index (χ2v) is 9.39. The number of quaternary nitrogens is 1. The van der Waals surface area contributed by atoms with Crippen LogP contribution in [0.3, 0.4) is 0 Å². The highest BCUT2D eigenvalue weighted by Gasteiger charge is 2.37. The normalized spacial score (nSPS) is 11.8. The Morgan fingerprint density at radius 2 is 1.49 bits per heavy atom. The van der Waals surface area contributed by atoms with Crippen molar-refractivity contribution in [2.24, 2.45) is 0 Å². The largest absolute Gasteiger partial charge is 0.484 e. The van der Waals surface area contributed by atoms with Gasteiger partial charge in [-0.2, -0.15) is 5.21 Å². The molecule has 0 aliphatic rings. The molecule has 212 valence electrons. The van der Waals surface area contributed by atoms with E-state index in [1.807, 2.05) is 19.1 Å². The van der Waals surface area contributed by atoms with Gasteiger partial charge in [0.15, 0.2) is 6.61 Å². The minimum atomic E-state index is -1.04. The van der Waals surface area contributed by atoms with E-state index in [4.69, 9.17) is 9.57 Å². The Hall–Kier alpha value is -4.70. The fraction of sp³-hybridized carbons (Fsp3) is 0.188. The van der Waals surface area contributed by atoms with Gasteiger partial charge in [-0.25, -0.2) is 0 Å². The van der Waals surface area contributed by atoms with Gasteiger partial charge in [-0.05, 0) is 49.2 Å². The molecule has 0 aliphatic carbocycles. The first kappa shape index (κ1) is 29.3. The Kier molecular flexibility index (Phi) is 9.70. The molecule has 1 unspecified atom stereocenters. The van der Waals surface area contributed by atoms with Crippen molar-refractivity contribution in [3.05, 3.63) is 114 Å². The monoisotopic (exact) mass is 556 g/mol. The van der Waals surface area contributed by atoms with Crippen molar-refractivity contribution in [2.45, 2.75) is 26.4 Å². The first-order valence-electron chi connectivity index (χ1n) is 13.4. The number of para-hydroxylation sites is 2. The number of amides is 2. The van der Waals surface area contributed by atoms with Gasteiger partial charge in [-0.1, -0.05) is 55.5 Å². The molecule has 9 nitrogen and oxygen atoms in total. The van der Waals surface area contributed by atoms with Crippen LogP contribution in [0.4, 0.5) is 17.1 Å². The molecule has 0 saturated carbocycles. The molecule has 1 atom stereocenters. The molecule has 0 saturated heterocycles. The Morgan fingerprint density at radius 3 is 2.05 bits per heavy atom. The van der Waals surface area contributed by atoms with Gasteiger partial charge in [-0.15, -0.1) is 0 Å². The zero-order valence-electron chi connectivity index (χ0n) is 23.0. The molecule has 0 heterocycles. The highest BCUT2D eigenvalue weighted by molar-refractivity contribution is 5.98. The molecule has 0 aromatic heterocycles. The number of aliphatic hydroxyl groups excluding tert-OH is 1. The van der Waals surface area contributed by atoms with E-state index < -0.39 is 16.8 Å². The molecule has 4 aromatic carbocycles. The second-order valence-electron chi connectivity index (χ2n) is 9.39. The fourth-order valence-electron chi connectivity index (χ4n) is 4.02. The minimum Gasteiger partial charge on any atom is -0.484 e. The van der Waals surface area contributed by atoms with Crippen molar-refractivity contribution in [2.75, 3.05) is 18.5 Å². The summed E-state index contributed by atoms with van der Waals surface area (Å²) in [7, 11) is 0. The summed E-state index contributed by atoms with van der Waals surface area (Å²) >= 11 is 0. The van der Waals surface area contributed by atoms with E-state index in [0.29, 0.717) is 29.2 Å². The zero-order chi connectivity index (χ0) is 29.2. The quantitative estimate of drug-likeness (QED) is 0.127. The number of anilines is 1. The number of hydrogen-bond acceptors (Lipinski definition) is 6. The Bertz CT molecular complexity index is 1400. The van der Waals surface area contributed by atoms with Gasteiger partial charge in [-0.3, -0.25) is 14.4 Å². The second kappa shape index (κ2) is 13.6. The lowest BCUT2D eigenvalue weighted by Crippen LogP contribution is -2.44. The number of carbonyl (C=O) groups excluding carboxylic acids is 2. The van der Waals surface area contributed by atoms with E-state index >= 15 is 0 Å². The van der Waals surface area contributed by atoms with Gasteiger partial charge in [0.1, 0.15) is 5.75 Å². The van der Waals surface area contributed by atoms with Gasteiger partial charge in [0, 0.05) is 36.4 Å². The molecule has 4 rings (SSSR count). The van der Waals surface area contributed by atoms with Gasteiger partial charge in [0.25, 0.3) is 11.8 Å². The molecule has 4 aromatic rings. The number of aliphatic hydroxyl groups is 1. The van der Waals surface area contributed by atoms with Crippen LogP contribution in [0.1, 0.15) is 42.3 Å². The number of ether oxygens (including phenoxy) is 1. The fourth-order valence-corrected chi connectivity index (χ4v) is 4.02. The predicted octanol–water partition coefficient (Wildman–Crippen LogP) is 5.92. The maximum atomic E-state index is 13.0. The molecule has 0 bridgehead atoms. The molecule has 41 heavy (non-hydrogen) atoms. The van der Waals surface area contributed by atoms with E-state index in [9.17, 15) is 19.9 Å². The summed E-state index contributed by atoms with van der Waals surface area (Å²) in [5.41, 5.74) is 2.06. The lowest BCUT2D eigenvalue weighted by Gasteiger charge is -2.27. The van der Waals surface area contributed by atoms with Crippen LogP contribution in [0, 0.1) is 0 Å². The summed E-state index contributed by atoms with van der Waals surface area (Å²) in [4.78, 5) is 30.8. The SMILES string of the molecule is CCCNC(=O)c1ccc(O[N+](O)(c2ccccc2)c2ccccc2)c(NC(=O)COc2ccc(C(C)O)cc2)c1. The van der Waals surface area contributed by atoms with E-state index in [2.05, 4.69) is 10.6 Å². The summed E-state index contributed by atoms with van der Waals surface area (Å²) < 4.78 is 5.62. The average Bonchev–Trinajstić information content (AvgIpc) is 3.00.